The van der Waals surface area contributed by atoms with E-state index < -0.39 is 0 Å². The molecule has 0 bridgehead atoms. The molecule has 1 aliphatic carbocycles. The van der Waals surface area contributed by atoms with Crippen LogP contribution in [0.4, 0.5) is 5.69 Å². The molecule has 0 saturated heterocycles. The second kappa shape index (κ2) is 6.66. The van der Waals surface area contributed by atoms with Gasteiger partial charge in [0, 0.05) is 18.2 Å². The number of non-ortho nitro benzene ring substituents is 1. The monoisotopic (exact) mass is 262 g/mol. The largest absolute Gasteiger partial charge is 0.314 e. The summed E-state index contributed by atoms with van der Waals surface area (Å²) < 4.78 is 0. The zero-order chi connectivity index (χ0) is 13.7. The summed E-state index contributed by atoms with van der Waals surface area (Å²) in [5, 5.41) is 14.1. The van der Waals surface area contributed by atoms with Gasteiger partial charge in [-0.15, -0.1) is 0 Å². The Morgan fingerprint density at radius 3 is 2.58 bits per heavy atom. The van der Waals surface area contributed by atoms with Crippen LogP contribution in [0.25, 0.3) is 0 Å². The lowest BCUT2D eigenvalue weighted by Gasteiger charge is -2.16. The first-order valence-electron chi connectivity index (χ1n) is 7.17. The van der Waals surface area contributed by atoms with Crippen LogP contribution >= 0.6 is 0 Å². The summed E-state index contributed by atoms with van der Waals surface area (Å²) in [6.07, 6.45) is 6.10. The average Bonchev–Trinajstić information content (AvgIpc) is 3.22. The Labute approximate surface area is 114 Å². The molecule has 0 heterocycles. The number of nitrogens with zero attached hydrogens (tertiary/aromatic N) is 1. The molecule has 0 amide bonds. The molecule has 0 aromatic heterocycles. The molecule has 4 nitrogen and oxygen atoms in total. The van der Waals surface area contributed by atoms with Crippen LogP contribution in [0.3, 0.4) is 0 Å². The van der Waals surface area contributed by atoms with Crippen molar-refractivity contribution in [3.63, 3.8) is 0 Å². The van der Waals surface area contributed by atoms with Crippen LogP contribution in [0.15, 0.2) is 24.3 Å². The molecule has 4 heteroatoms. The molecule has 19 heavy (non-hydrogen) atoms. The predicted molar refractivity (Wildman–Crippen MR) is 76.2 cm³/mol. The maximum absolute atomic E-state index is 10.6. The lowest BCUT2D eigenvalue weighted by atomic mass is 10.0. The molecule has 0 aliphatic heterocycles. The second-order valence-corrected chi connectivity index (χ2v) is 5.32. The average molecular weight is 262 g/mol. The summed E-state index contributed by atoms with van der Waals surface area (Å²) in [4.78, 5) is 10.2. The summed E-state index contributed by atoms with van der Waals surface area (Å²) >= 11 is 0. The number of hydrogen-bond acceptors (Lipinski definition) is 3. The lowest BCUT2D eigenvalue weighted by Crippen LogP contribution is -2.30. The van der Waals surface area contributed by atoms with Crippen molar-refractivity contribution in [1.29, 1.82) is 0 Å². The van der Waals surface area contributed by atoms with Gasteiger partial charge in [-0.2, -0.15) is 0 Å². The topological polar surface area (TPSA) is 55.2 Å². The minimum atomic E-state index is -0.349. The number of aryl methyl sites for hydroxylation is 1. The van der Waals surface area contributed by atoms with Crippen LogP contribution in [0.2, 0.25) is 0 Å². The zero-order valence-corrected chi connectivity index (χ0v) is 11.5. The van der Waals surface area contributed by atoms with Gasteiger partial charge < -0.3 is 5.32 Å². The fraction of sp³-hybridized carbons (Fsp3) is 0.600. The van der Waals surface area contributed by atoms with E-state index in [0.29, 0.717) is 6.04 Å². The third-order valence-electron chi connectivity index (χ3n) is 3.79. The Hall–Kier alpha value is -1.42. The van der Waals surface area contributed by atoms with Gasteiger partial charge in [-0.05, 0) is 50.1 Å². The first kappa shape index (κ1) is 14.0. The van der Waals surface area contributed by atoms with Crippen LogP contribution in [0, 0.1) is 16.0 Å². The summed E-state index contributed by atoms with van der Waals surface area (Å²) in [5.41, 5.74) is 1.36. The van der Waals surface area contributed by atoms with E-state index in [1.807, 2.05) is 12.1 Å². The molecule has 1 aromatic rings. The number of hydrogen-bond donors (Lipinski definition) is 1. The highest BCUT2D eigenvalue weighted by Crippen LogP contribution is 2.34. The molecule has 104 valence electrons. The molecular weight excluding hydrogens is 240 g/mol. The second-order valence-electron chi connectivity index (χ2n) is 5.32. The van der Waals surface area contributed by atoms with Crippen molar-refractivity contribution in [2.75, 3.05) is 6.54 Å². The van der Waals surface area contributed by atoms with Crippen LogP contribution in [0.5, 0.6) is 0 Å². The summed E-state index contributed by atoms with van der Waals surface area (Å²) in [5.74, 6) is 0.886. The van der Waals surface area contributed by atoms with Gasteiger partial charge in [0.1, 0.15) is 0 Å². The number of nitro benzene ring substituents is 1. The van der Waals surface area contributed by atoms with Gasteiger partial charge >= 0.3 is 0 Å². The molecule has 2 rings (SSSR count). The first-order chi connectivity index (χ1) is 9.20. The van der Waals surface area contributed by atoms with Gasteiger partial charge in [0.2, 0.25) is 0 Å². The Kier molecular flexibility index (Phi) is 4.91. The fourth-order valence-corrected chi connectivity index (χ4v) is 2.58. The van der Waals surface area contributed by atoms with E-state index in [0.717, 1.165) is 25.3 Å². The molecule has 1 N–H and O–H groups in total. The maximum atomic E-state index is 10.6. The van der Waals surface area contributed by atoms with E-state index in [-0.39, 0.29) is 10.6 Å². The smallest absolute Gasteiger partial charge is 0.269 e. The van der Waals surface area contributed by atoms with Crippen LogP contribution < -0.4 is 5.32 Å². The van der Waals surface area contributed by atoms with Crippen LogP contribution in [-0.4, -0.2) is 17.5 Å². The first-order valence-corrected chi connectivity index (χ1v) is 7.17. The third kappa shape index (κ3) is 4.31. The molecule has 1 saturated carbocycles. The molecule has 1 unspecified atom stereocenters. The summed E-state index contributed by atoms with van der Waals surface area (Å²) in [6.45, 7) is 3.20. The Balaban J connectivity index is 1.76. The maximum Gasteiger partial charge on any atom is 0.269 e. The van der Waals surface area contributed by atoms with E-state index in [1.54, 1.807) is 12.1 Å². The van der Waals surface area contributed by atoms with E-state index in [2.05, 4.69) is 12.2 Å². The van der Waals surface area contributed by atoms with Crippen LogP contribution in [-0.2, 0) is 6.42 Å². The van der Waals surface area contributed by atoms with Gasteiger partial charge in [-0.3, -0.25) is 10.1 Å². The number of nitrogens with one attached hydrogen (secondary N) is 1. The summed E-state index contributed by atoms with van der Waals surface area (Å²) in [6, 6.07) is 7.61. The van der Waals surface area contributed by atoms with Gasteiger partial charge in [-0.1, -0.05) is 19.1 Å². The van der Waals surface area contributed by atoms with Gasteiger partial charge in [0.15, 0.2) is 0 Å². The normalized spacial score (nSPS) is 16.3. The fourth-order valence-electron chi connectivity index (χ4n) is 2.58. The standard InChI is InChI=1S/C15H22N2O2/c1-2-16-15(13-8-9-13)5-3-4-12-6-10-14(11-7-12)17(18)19/h6-7,10-11,13,15-16H,2-5,8-9H2,1H3. The van der Waals surface area contributed by atoms with Crippen molar-refractivity contribution in [3.8, 4) is 0 Å². The molecule has 1 aliphatic rings. The highest BCUT2D eigenvalue weighted by atomic mass is 16.6. The molecule has 0 radical (unpaired) electrons. The van der Waals surface area contributed by atoms with Gasteiger partial charge in [0.05, 0.1) is 4.92 Å². The summed E-state index contributed by atoms with van der Waals surface area (Å²) in [7, 11) is 0. The minimum Gasteiger partial charge on any atom is -0.314 e. The van der Waals surface area contributed by atoms with E-state index in [9.17, 15) is 10.1 Å². The van der Waals surface area contributed by atoms with E-state index in [4.69, 9.17) is 0 Å². The minimum absolute atomic E-state index is 0.173. The Morgan fingerprint density at radius 2 is 2.05 bits per heavy atom. The molecule has 1 aromatic carbocycles. The number of nitro groups is 1. The van der Waals surface area contributed by atoms with Crippen molar-refractivity contribution in [2.24, 2.45) is 5.92 Å². The number of rotatable bonds is 8. The van der Waals surface area contributed by atoms with Crippen molar-refractivity contribution in [3.05, 3.63) is 39.9 Å². The zero-order valence-electron chi connectivity index (χ0n) is 11.5. The van der Waals surface area contributed by atoms with Crippen molar-refractivity contribution < 1.29 is 4.92 Å². The van der Waals surface area contributed by atoms with Crippen molar-refractivity contribution in [1.82, 2.24) is 5.32 Å². The lowest BCUT2D eigenvalue weighted by molar-refractivity contribution is -0.384. The third-order valence-corrected chi connectivity index (χ3v) is 3.79. The van der Waals surface area contributed by atoms with Gasteiger partial charge in [-0.25, -0.2) is 0 Å². The van der Waals surface area contributed by atoms with Crippen molar-refractivity contribution in [2.45, 2.75) is 45.1 Å². The highest BCUT2D eigenvalue weighted by molar-refractivity contribution is 5.32. The highest BCUT2D eigenvalue weighted by Gasteiger charge is 2.29. The molecule has 0 spiro atoms. The quantitative estimate of drug-likeness (QED) is 0.577. The molecule has 1 atom stereocenters. The molecule has 1 fully saturated rings. The van der Waals surface area contributed by atoms with E-state index >= 15 is 0 Å². The predicted octanol–water partition coefficient (Wildman–Crippen LogP) is 3.31. The Morgan fingerprint density at radius 1 is 1.37 bits per heavy atom. The van der Waals surface area contributed by atoms with Crippen LogP contribution in [0.1, 0.15) is 38.2 Å². The number of benzene rings is 1. The van der Waals surface area contributed by atoms with Gasteiger partial charge in [0.25, 0.3) is 5.69 Å². The van der Waals surface area contributed by atoms with E-state index in [1.165, 1.54) is 24.8 Å². The van der Waals surface area contributed by atoms with Crippen molar-refractivity contribution >= 4 is 5.69 Å². The Bertz CT molecular complexity index is 413. The SMILES string of the molecule is CCNC(CCCc1ccc([N+](=O)[O-])cc1)C1CC1. The molecular formula is C15H22N2O2.